The predicted octanol–water partition coefficient (Wildman–Crippen LogP) is 2.56. The average molecular weight is 421 g/mol. The Kier molecular flexibility index (Phi) is 7.85. The van der Waals surface area contributed by atoms with Crippen molar-refractivity contribution in [3.05, 3.63) is 29.6 Å². The van der Waals surface area contributed by atoms with E-state index in [1.165, 1.54) is 7.11 Å². The monoisotopic (exact) mass is 420 g/mol. The average Bonchev–Trinajstić information content (AvgIpc) is 2.53. The molecule has 26 heavy (non-hydrogen) atoms. The maximum Gasteiger partial charge on any atom is 0.416 e. The molecule has 1 saturated heterocycles. The van der Waals surface area contributed by atoms with Crippen LogP contribution in [0.25, 0.3) is 0 Å². The van der Waals surface area contributed by atoms with Crippen molar-refractivity contribution in [2.75, 3.05) is 33.4 Å². The second-order valence-electron chi connectivity index (χ2n) is 6.15. The maximum atomic E-state index is 13.8. The van der Waals surface area contributed by atoms with Crippen molar-refractivity contribution in [3.8, 4) is 0 Å². The highest BCUT2D eigenvalue weighted by Crippen LogP contribution is 2.32. The van der Waals surface area contributed by atoms with Crippen molar-refractivity contribution < 1.29 is 30.7 Å². The van der Waals surface area contributed by atoms with Crippen LogP contribution in [-0.4, -0.2) is 41.8 Å². The van der Waals surface area contributed by atoms with Gasteiger partial charge in [0, 0.05) is 19.1 Å². The van der Waals surface area contributed by atoms with Crippen molar-refractivity contribution in [1.82, 2.24) is 10.0 Å². The van der Waals surface area contributed by atoms with E-state index in [1.54, 1.807) is 0 Å². The van der Waals surface area contributed by atoms with Gasteiger partial charge in [-0.25, -0.2) is 17.5 Å². The van der Waals surface area contributed by atoms with E-state index in [0.29, 0.717) is 50.7 Å². The molecular formula is C15H21ClF4N2O3S. The lowest BCUT2D eigenvalue weighted by Gasteiger charge is -2.37. The van der Waals surface area contributed by atoms with Gasteiger partial charge in [0.25, 0.3) is 0 Å². The smallest absolute Gasteiger partial charge is 0.384 e. The molecule has 0 spiro atoms. The standard InChI is InChI=1S/C15H20F4N2O3S.ClH/c1-24-10-14(4-6-20-7-5-14)9-21-25(22,23)13-8-11(15(17,18)19)2-3-12(13)16;/h2-3,8,20-21H,4-7,9-10H2,1H3;1H. The van der Waals surface area contributed by atoms with E-state index in [1.807, 2.05) is 0 Å². The number of rotatable bonds is 6. The summed E-state index contributed by atoms with van der Waals surface area (Å²) in [7, 11) is -2.94. The van der Waals surface area contributed by atoms with Crippen LogP contribution in [0.4, 0.5) is 17.6 Å². The number of sulfonamides is 1. The van der Waals surface area contributed by atoms with E-state index in [0.717, 1.165) is 0 Å². The summed E-state index contributed by atoms with van der Waals surface area (Å²) >= 11 is 0. The number of methoxy groups -OCH3 is 1. The topological polar surface area (TPSA) is 67.4 Å². The SMILES string of the molecule is COCC1(CNS(=O)(=O)c2cc(C(F)(F)F)ccc2F)CCNCC1.Cl. The Morgan fingerprint density at radius 2 is 1.88 bits per heavy atom. The summed E-state index contributed by atoms with van der Waals surface area (Å²) in [5.74, 6) is -1.23. The van der Waals surface area contributed by atoms with Crippen molar-refractivity contribution in [1.29, 1.82) is 0 Å². The Balaban J connectivity index is 0.00000338. The number of hydrogen-bond acceptors (Lipinski definition) is 4. The Hall–Kier alpha value is -0.940. The number of nitrogens with one attached hydrogen (secondary N) is 2. The van der Waals surface area contributed by atoms with Crippen LogP contribution in [0.2, 0.25) is 0 Å². The summed E-state index contributed by atoms with van der Waals surface area (Å²) in [6, 6.07) is 1.32. The lowest BCUT2D eigenvalue weighted by atomic mass is 9.80. The van der Waals surface area contributed by atoms with Crippen LogP contribution in [-0.2, 0) is 20.9 Å². The van der Waals surface area contributed by atoms with Crippen LogP contribution in [0.1, 0.15) is 18.4 Å². The molecule has 1 fully saturated rings. The molecule has 1 aliphatic rings. The van der Waals surface area contributed by atoms with Gasteiger partial charge in [-0.15, -0.1) is 12.4 Å². The fourth-order valence-corrected chi connectivity index (χ4v) is 4.11. The minimum absolute atomic E-state index is 0. The summed E-state index contributed by atoms with van der Waals surface area (Å²) in [6.07, 6.45) is -3.49. The first kappa shape index (κ1) is 23.1. The number of alkyl halides is 3. The van der Waals surface area contributed by atoms with E-state index in [9.17, 15) is 26.0 Å². The van der Waals surface area contributed by atoms with E-state index in [2.05, 4.69) is 10.0 Å². The molecule has 0 radical (unpaired) electrons. The van der Waals surface area contributed by atoms with Crippen molar-refractivity contribution in [2.45, 2.75) is 23.9 Å². The molecule has 1 aliphatic heterocycles. The molecule has 0 aromatic heterocycles. The van der Waals surface area contributed by atoms with Gasteiger partial charge < -0.3 is 10.1 Å². The third-order valence-electron chi connectivity index (χ3n) is 4.30. The lowest BCUT2D eigenvalue weighted by Crippen LogP contribution is -2.47. The third kappa shape index (κ3) is 5.53. The predicted molar refractivity (Wildman–Crippen MR) is 90.3 cm³/mol. The molecule has 0 bridgehead atoms. The van der Waals surface area contributed by atoms with E-state index < -0.39 is 37.9 Å². The Morgan fingerprint density at radius 3 is 2.42 bits per heavy atom. The molecular weight excluding hydrogens is 400 g/mol. The Morgan fingerprint density at radius 1 is 1.27 bits per heavy atom. The molecule has 1 aromatic rings. The molecule has 2 rings (SSSR count). The third-order valence-corrected chi connectivity index (χ3v) is 5.72. The van der Waals surface area contributed by atoms with Gasteiger partial charge in [0.1, 0.15) is 10.7 Å². The van der Waals surface area contributed by atoms with Gasteiger partial charge in [0.2, 0.25) is 10.0 Å². The van der Waals surface area contributed by atoms with Crippen molar-refractivity contribution >= 4 is 22.4 Å². The highest BCUT2D eigenvalue weighted by Gasteiger charge is 2.36. The van der Waals surface area contributed by atoms with Crippen LogP contribution >= 0.6 is 12.4 Å². The summed E-state index contributed by atoms with van der Waals surface area (Å²) in [5.41, 5.74) is -1.70. The van der Waals surface area contributed by atoms with Crippen LogP contribution in [0.3, 0.4) is 0 Å². The summed E-state index contributed by atoms with van der Waals surface area (Å²) < 4.78 is 84.2. The Labute approximate surface area is 155 Å². The number of ether oxygens (including phenoxy) is 1. The van der Waals surface area contributed by atoms with Gasteiger partial charge in [-0.2, -0.15) is 13.2 Å². The minimum atomic E-state index is -4.76. The Bertz CT molecular complexity index is 702. The largest absolute Gasteiger partial charge is 0.416 e. The minimum Gasteiger partial charge on any atom is -0.384 e. The fourth-order valence-electron chi connectivity index (χ4n) is 2.85. The molecule has 1 heterocycles. The zero-order valence-electron chi connectivity index (χ0n) is 14.0. The summed E-state index contributed by atoms with van der Waals surface area (Å²) in [4.78, 5) is -1.01. The second kappa shape index (κ2) is 8.83. The molecule has 11 heteroatoms. The van der Waals surface area contributed by atoms with Gasteiger partial charge >= 0.3 is 6.18 Å². The van der Waals surface area contributed by atoms with E-state index in [-0.39, 0.29) is 19.0 Å². The van der Waals surface area contributed by atoms with Crippen molar-refractivity contribution in [3.63, 3.8) is 0 Å². The van der Waals surface area contributed by atoms with E-state index in [4.69, 9.17) is 4.74 Å². The van der Waals surface area contributed by atoms with Crippen LogP contribution in [0, 0.1) is 11.2 Å². The van der Waals surface area contributed by atoms with Gasteiger partial charge in [-0.05, 0) is 44.1 Å². The number of piperidine rings is 1. The molecule has 150 valence electrons. The van der Waals surface area contributed by atoms with Crippen molar-refractivity contribution in [2.24, 2.45) is 5.41 Å². The molecule has 5 nitrogen and oxygen atoms in total. The van der Waals surface area contributed by atoms with E-state index >= 15 is 0 Å². The summed E-state index contributed by atoms with van der Waals surface area (Å²) in [6.45, 7) is 1.59. The molecule has 0 atom stereocenters. The molecule has 1 aromatic carbocycles. The molecule has 2 N–H and O–H groups in total. The maximum absolute atomic E-state index is 13.8. The first-order valence-corrected chi connectivity index (χ1v) is 9.14. The molecule has 0 amide bonds. The highest BCUT2D eigenvalue weighted by molar-refractivity contribution is 7.89. The number of hydrogen-bond donors (Lipinski definition) is 2. The number of benzene rings is 1. The first-order valence-electron chi connectivity index (χ1n) is 7.66. The first-order chi connectivity index (χ1) is 11.6. The van der Waals surface area contributed by atoms with Crippen LogP contribution < -0.4 is 10.0 Å². The zero-order chi connectivity index (χ0) is 18.7. The summed E-state index contributed by atoms with van der Waals surface area (Å²) in [5, 5.41) is 3.14. The zero-order valence-corrected chi connectivity index (χ0v) is 15.7. The normalized spacial score (nSPS) is 17.6. The van der Waals surface area contributed by atoms with Gasteiger partial charge in [-0.1, -0.05) is 0 Å². The van der Waals surface area contributed by atoms with Gasteiger partial charge in [0.05, 0.1) is 12.2 Å². The number of halogens is 5. The van der Waals surface area contributed by atoms with Gasteiger partial charge in [0.15, 0.2) is 0 Å². The van der Waals surface area contributed by atoms with Crippen LogP contribution in [0.15, 0.2) is 23.1 Å². The lowest BCUT2D eigenvalue weighted by molar-refractivity contribution is -0.137. The second-order valence-corrected chi connectivity index (χ2v) is 7.89. The molecule has 0 saturated carbocycles. The van der Waals surface area contributed by atoms with Gasteiger partial charge in [-0.3, -0.25) is 0 Å². The quantitative estimate of drug-likeness (QED) is 0.694. The highest BCUT2D eigenvalue weighted by atomic mass is 35.5. The molecule has 0 unspecified atom stereocenters. The molecule has 0 aliphatic carbocycles. The fraction of sp³-hybridized carbons (Fsp3) is 0.600. The van der Waals surface area contributed by atoms with Crippen LogP contribution in [0.5, 0.6) is 0 Å².